The molecule has 0 atom stereocenters. The Kier molecular flexibility index (Phi) is 3.97. The highest BCUT2D eigenvalue weighted by atomic mass is 16.5. The molecule has 0 aliphatic carbocycles. The predicted molar refractivity (Wildman–Crippen MR) is 85.4 cm³/mol. The van der Waals surface area contributed by atoms with E-state index in [0.717, 1.165) is 11.3 Å². The number of aryl methyl sites for hydroxylation is 1. The largest absolute Gasteiger partial charge is 0.457 e. The lowest BCUT2D eigenvalue weighted by Gasteiger charge is -2.06. The van der Waals surface area contributed by atoms with Gasteiger partial charge in [-0.05, 0) is 61.0 Å². The summed E-state index contributed by atoms with van der Waals surface area (Å²) >= 11 is 0. The quantitative estimate of drug-likeness (QED) is 0.668. The van der Waals surface area contributed by atoms with Gasteiger partial charge in [0.15, 0.2) is 0 Å². The molecule has 2 aromatic carbocycles. The smallest absolute Gasteiger partial charge is 0.211 e. The molecule has 0 spiro atoms. The Labute approximate surface area is 129 Å². The highest BCUT2D eigenvalue weighted by molar-refractivity contribution is 6.07. The van der Waals surface area contributed by atoms with Gasteiger partial charge in [-0.3, -0.25) is 9.78 Å². The summed E-state index contributed by atoms with van der Waals surface area (Å²) in [7, 11) is 0. The van der Waals surface area contributed by atoms with Crippen LogP contribution in [0.15, 0.2) is 72.9 Å². The number of carbonyl (C=O) groups is 1. The second-order valence-corrected chi connectivity index (χ2v) is 4.99. The normalized spacial score (nSPS) is 10.2. The van der Waals surface area contributed by atoms with Crippen LogP contribution in [0.5, 0.6) is 11.5 Å². The molecule has 0 aliphatic rings. The van der Waals surface area contributed by atoms with Crippen LogP contribution in [0.2, 0.25) is 0 Å². The summed E-state index contributed by atoms with van der Waals surface area (Å²) in [6, 6.07) is 20.3. The minimum Gasteiger partial charge on any atom is -0.457 e. The van der Waals surface area contributed by atoms with Gasteiger partial charge in [-0.25, -0.2) is 0 Å². The monoisotopic (exact) mass is 289 g/mol. The molecule has 0 amide bonds. The maximum Gasteiger partial charge on any atom is 0.211 e. The summed E-state index contributed by atoms with van der Waals surface area (Å²) < 4.78 is 5.71. The number of hydrogen-bond donors (Lipinski definition) is 0. The molecule has 0 saturated heterocycles. The van der Waals surface area contributed by atoms with Crippen molar-refractivity contribution >= 4 is 5.78 Å². The van der Waals surface area contributed by atoms with Crippen molar-refractivity contribution in [3.63, 3.8) is 0 Å². The highest BCUT2D eigenvalue weighted by Gasteiger charge is 2.10. The fourth-order valence-electron chi connectivity index (χ4n) is 2.11. The summed E-state index contributed by atoms with van der Waals surface area (Å²) in [5, 5.41) is 0. The van der Waals surface area contributed by atoms with Gasteiger partial charge in [0.1, 0.15) is 17.2 Å². The Morgan fingerprint density at radius 2 is 1.59 bits per heavy atom. The number of rotatable bonds is 4. The fraction of sp³-hybridized carbons (Fsp3) is 0.0526. The van der Waals surface area contributed by atoms with Crippen LogP contribution in [0, 0.1) is 6.92 Å². The molecule has 3 aromatic rings. The van der Waals surface area contributed by atoms with Crippen LogP contribution in [0.4, 0.5) is 0 Å². The van der Waals surface area contributed by atoms with E-state index in [9.17, 15) is 4.79 Å². The van der Waals surface area contributed by atoms with Crippen molar-refractivity contribution in [2.45, 2.75) is 6.92 Å². The number of nitrogens with zero attached hydrogens (tertiary/aromatic N) is 1. The molecule has 108 valence electrons. The zero-order valence-electron chi connectivity index (χ0n) is 12.2. The Bertz CT molecular complexity index is 780. The van der Waals surface area contributed by atoms with Gasteiger partial charge in [0.25, 0.3) is 0 Å². The molecule has 0 fully saturated rings. The SMILES string of the molecule is Cc1ccnc(C(=O)c2ccc(Oc3ccccc3)cc2)c1. The lowest BCUT2D eigenvalue weighted by atomic mass is 10.1. The van der Waals surface area contributed by atoms with E-state index in [1.165, 1.54) is 0 Å². The number of ketones is 1. The molecule has 0 unspecified atom stereocenters. The van der Waals surface area contributed by atoms with Crippen molar-refractivity contribution in [3.05, 3.63) is 89.7 Å². The molecular weight excluding hydrogens is 274 g/mol. The standard InChI is InChI=1S/C19H15NO2/c1-14-11-12-20-18(13-14)19(21)15-7-9-17(10-8-15)22-16-5-3-2-4-6-16/h2-13H,1H3. The zero-order valence-corrected chi connectivity index (χ0v) is 12.2. The molecule has 0 bridgehead atoms. The summed E-state index contributed by atoms with van der Waals surface area (Å²) in [5.41, 5.74) is 2.07. The molecule has 22 heavy (non-hydrogen) atoms. The molecule has 0 saturated carbocycles. The second-order valence-electron chi connectivity index (χ2n) is 4.99. The van der Waals surface area contributed by atoms with E-state index in [1.807, 2.05) is 43.3 Å². The third-order valence-corrected chi connectivity index (χ3v) is 3.24. The fourth-order valence-corrected chi connectivity index (χ4v) is 2.11. The van der Waals surface area contributed by atoms with E-state index in [-0.39, 0.29) is 5.78 Å². The predicted octanol–water partition coefficient (Wildman–Crippen LogP) is 4.41. The van der Waals surface area contributed by atoms with Crippen molar-refractivity contribution in [1.82, 2.24) is 4.98 Å². The van der Waals surface area contributed by atoms with Crippen molar-refractivity contribution in [3.8, 4) is 11.5 Å². The molecule has 3 nitrogen and oxygen atoms in total. The van der Waals surface area contributed by atoms with Gasteiger partial charge in [0.05, 0.1) is 0 Å². The lowest BCUT2D eigenvalue weighted by Crippen LogP contribution is -2.04. The molecule has 3 rings (SSSR count). The van der Waals surface area contributed by atoms with Gasteiger partial charge in [0.2, 0.25) is 5.78 Å². The van der Waals surface area contributed by atoms with Crippen LogP contribution in [0.3, 0.4) is 0 Å². The van der Waals surface area contributed by atoms with E-state index >= 15 is 0 Å². The van der Waals surface area contributed by atoms with E-state index in [4.69, 9.17) is 4.74 Å². The Morgan fingerprint density at radius 3 is 2.27 bits per heavy atom. The van der Waals surface area contributed by atoms with E-state index < -0.39 is 0 Å². The maximum atomic E-state index is 12.4. The van der Waals surface area contributed by atoms with Gasteiger partial charge in [-0.15, -0.1) is 0 Å². The molecule has 1 aromatic heterocycles. The molecule has 0 aliphatic heterocycles. The summed E-state index contributed by atoms with van der Waals surface area (Å²) in [4.78, 5) is 16.5. The van der Waals surface area contributed by atoms with E-state index in [2.05, 4.69) is 4.98 Å². The van der Waals surface area contributed by atoms with Gasteiger partial charge >= 0.3 is 0 Å². The molecular formula is C19H15NO2. The maximum absolute atomic E-state index is 12.4. The number of pyridine rings is 1. The van der Waals surface area contributed by atoms with Gasteiger partial charge < -0.3 is 4.74 Å². The van der Waals surface area contributed by atoms with Gasteiger partial charge in [-0.2, -0.15) is 0 Å². The summed E-state index contributed by atoms with van der Waals surface area (Å²) in [5.74, 6) is 1.37. The number of ether oxygens (including phenoxy) is 1. The first-order valence-electron chi connectivity index (χ1n) is 7.03. The highest BCUT2D eigenvalue weighted by Crippen LogP contribution is 2.21. The third kappa shape index (κ3) is 3.20. The van der Waals surface area contributed by atoms with Crippen LogP contribution in [-0.4, -0.2) is 10.8 Å². The van der Waals surface area contributed by atoms with Crippen LogP contribution in [-0.2, 0) is 0 Å². The van der Waals surface area contributed by atoms with Crippen molar-refractivity contribution in [1.29, 1.82) is 0 Å². The van der Waals surface area contributed by atoms with Crippen LogP contribution >= 0.6 is 0 Å². The number of benzene rings is 2. The summed E-state index contributed by atoms with van der Waals surface area (Å²) in [6.45, 7) is 1.94. The topological polar surface area (TPSA) is 39.2 Å². The minimum atomic E-state index is -0.0880. The number of hydrogen-bond acceptors (Lipinski definition) is 3. The molecule has 0 N–H and O–H groups in total. The molecule has 0 radical (unpaired) electrons. The Balaban J connectivity index is 1.78. The van der Waals surface area contributed by atoms with Crippen molar-refractivity contribution in [2.24, 2.45) is 0 Å². The minimum absolute atomic E-state index is 0.0880. The first kappa shape index (κ1) is 14.0. The van der Waals surface area contributed by atoms with Crippen molar-refractivity contribution in [2.75, 3.05) is 0 Å². The van der Waals surface area contributed by atoms with Crippen molar-refractivity contribution < 1.29 is 9.53 Å². The zero-order chi connectivity index (χ0) is 15.4. The second kappa shape index (κ2) is 6.22. The average Bonchev–Trinajstić information content (AvgIpc) is 2.56. The van der Waals surface area contributed by atoms with E-state index in [1.54, 1.807) is 36.5 Å². The van der Waals surface area contributed by atoms with Crippen LogP contribution in [0.25, 0.3) is 0 Å². The average molecular weight is 289 g/mol. The van der Waals surface area contributed by atoms with E-state index in [0.29, 0.717) is 17.0 Å². The summed E-state index contributed by atoms with van der Waals surface area (Å²) in [6.07, 6.45) is 1.65. The van der Waals surface area contributed by atoms with Gasteiger partial charge in [-0.1, -0.05) is 18.2 Å². The molecule has 1 heterocycles. The van der Waals surface area contributed by atoms with Crippen LogP contribution < -0.4 is 4.74 Å². The first-order valence-corrected chi connectivity index (χ1v) is 7.03. The Morgan fingerprint density at radius 1 is 0.909 bits per heavy atom. The molecule has 3 heteroatoms. The van der Waals surface area contributed by atoms with Gasteiger partial charge in [0, 0.05) is 11.8 Å². The third-order valence-electron chi connectivity index (χ3n) is 3.24. The number of aromatic nitrogens is 1. The lowest BCUT2D eigenvalue weighted by molar-refractivity contribution is 0.103. The number of carbonyl (C=O) groups excluding carboxylic acids is 1. The number of para-hydroxylation sites is 1. The Hall–Kier alpha value is -2.94. The van der Waals surface area contributed by atoms with Crippen LogP contribution in [0.1, 0.15) is 21.6 Å². The first-order chi connectivity index (χ1) is 10.7.